The molecule has 1 unspecified atom stereocenters. The highest BCUT2D eigenvalue weighted by molar-refractivity contribution is 5.81. The molecule has 3 rings (SSSR count). The van der Waals surface area contributed by atoms with Crippen LogP contribution in [0.1, 0.15) is 18.9 Å². The van der Waals surface area contributed by atoms with Crippen molar-refractivity contribution in [1.29, 1.82) is 0 Å². The highest BCUT2D eigenvalue weighted by Gasteiger charge is 2.24. The van der Waals surface area contributed by atoms with E-state index in [0.717, 1.165) is 50.5 Å². The summed E-state index contributed by atoms with van der Waals surface area (Å²) in [5.41, 5.74) is 2.20. The molecule has 0 aliphatic carbocycles. The lowest BCUT2D eigenvalue weighted by Gasteiger charge is -2.27. The Morgan fingerprint density at radius 3 is 2.48 bits per heavy atom. The first-order valence-electron chi connectivity index (χ1n) is 10.2. The van der Waals surface area contributed by atoms with Gasteiger partial charge in [0, 0.05) is 38.4 Å². The fourth-order valence-corrected chi connectivity index (χ4v) is 3.67. The number of carbonyl (C=O) groups is 1. The molecule has 1 aliphatic rings. The number of halogens is 1. The van der Waals surface area contributed by atoms with Crippen molar-refractivity contribution in [3.8, 4) is 5.75 Å². The normalized spacial score (nSPS) is 16.2. The Bertz CT molecular complexity index is 780. The maximum absolute atomic E-state index is 13.2. The summed E-state index contributed by atoms with van der Waals surface area (Å²) in [5, 5.41) is 3.06. The molecule has 0 bridgehead atoms. The summed E-state index contributed by atoms with van der Waals surface area (Å²) in [5.74, 6) is 0.682. The van der Waals surface area contributed by atoms with Crippen LogP contribution in [0.25, 0.3) is 0 Å². The van der Waals surface area contributed by atoms with Crippen molar-refractivity contribution in [3.05, 3.63) is 59.9 Å². The molecule has 0 saturated carbocycles. The zero-order valence-corrected chi connectivity index (χ0v) is 17.2. The number of methoxy groups -OCH3 is 1. The Hall–Kier alpha value is -2.60. The van der Waals surface area contributed by atoms with Crippen molar-refractivity contribution in [3.63, 3.8) is 0 Å². The van der Waals surface area contributed by atoms with Crippen LogP contribution in [0.2, 0.25) is 0 Å². The SMILES string of the molecule is COc1ccc(CCNC(=O)C(C)N2CCCN(c3ccc(F)cc3)CC2)cc1. The third-order valence-corrected chi connectivity index (χ3v) is 5.52. The first-order valence-corrected chi connectivity index (χ1v) is 10.2. The quantitative estimate of drug-likeness (QED) is 0.777. The van der Waals surface area contributed by atoms with E-state index in [1.54, 1.807) is 7.11 Å². The Morgan fingerprint density at radius 1 is 1.07 bits per heavy atom. The van der Waals surface area contributed by atoms with Gasteiger partial charge in [-0.1, -0.05) is 12.1 Å². The van der Waals surface area contributed by atoms with E-state index in [9.17, 15) is 9.18 Å². The maximum atomic E-state index is 13.2. The summed E-state index contributed by atoms with van der Waals surface area (Å²) >= 11 is 0. The van der Waals surface area contributed by atoms with Gasteiger partial charge in [-0.15, -0.1) is 0 Å². The maximum Gasteiger partial charge on any atom is 0.237 e. The molecule has 6 heteroatoms. The van der Waals surface area contributed by atoms with Crippen LogP contribution in [0.3, 0.4) is 0 Å². The van der Waals surface area contributed by atoms with Crippen molar-refractivity contribution in [2.24, 2.45) is 0 Å². The van der Waals surface area contributed by atoms with Crippen molar-refractivity contribution in [1.82, 2.24) is 10.2 Å². The number of anilines is 1. The zero-order valence-electron chi connectivity index (χ0n) is 17.2. The fourth-order valence-electron chi connectivity index (χ4n) is 3.67. The van der Waals surface area contributed by atoms with E-state index in [0.29, 0.717) is 6.54 Å². The number of nitrogens with zero attached hydrogens (tertiary/aromatic N) is 2. The van der Waals surface area contributed by atoms with Gasteiger partial charge in [0.2, 0.25) is 5.91 Å². The molecule has 1 N–H and O–H groups in total. The van der Waals surface area contributed by atoms with Gasteiger partial charge in [-0.2, -0.15) is 0 Å². The van der Waals surface area contributed by atoms with Crippen LogP contribution in [0.4, 0.5) is 10.1 Å². The molecular weight excluding hydrogens is 369 g/mol. The summed E-state index contributed by atoms with van der Waals surface area (Å²) in [7, 11) is 1.65. The predicted molar refractivity (Wildman–Crippen MR) is 114 cm³/mol. The average Bonchev–Trinajstić information content (AvgIpc) is 3.00. The molecule has 1 heterocycles. The Labute approximate surface area is 172 Å². The second kappa shape index (κ2) is 10.3. The summed E-state index contributed by atoms with van der Waals surface area (Å²) in [6.45, 7) is 6.01. The number of hydrogen-bond donors (Lipinski definition) is 1. The largest absolute Gasteiger partial charge is 0.497 e. The lowest BCUT2D eigenvalue weighted by atomic mass is 10.1. The topological polar surface area (TPSA) is 44.8 Å². The van der Waals surface area contributed by atoms with E-state index in [1.165, 1.54) is 17.7 Å². The van der Waals surface area contributed by atoms with Gasteiger partial charge < -0.3 is 15.0 Å². The van der Waals surface area contributed by atoms with Crippen LogP contribution in [0.15, 0.2) is 48.5 Å². The average molecular weight is 400 g/mol. The predicted octanol–water partition coefficient (Wildman–Crippen LogP) is 3.09. The van der Waals surface area contributed by atoms with Gasteiger partial charge in [0.15, 0.2) is 0 Å². The molecule has 1 aliphatic heterocycles. The van der Waals surface area contributed by atoms with E-state index in [1.807, 2.05) is 43.3 Å². The molecule has 0 radical (unpaired) electrons. The molecular formula is C23H30FN3O2. The monoisotopic (exact) mass is 399 g/mol. The van der Waals surface area contributed by atoms with Gasteiger partial charge in [-0.05, 0) is 61.7 Å². The molecule has 1 fully saturated rings. The summed E-state index contributed by atoms with van der Waals surface area (Å²) in [4.78, 5) is 17.1. The Morgan fingerprint density at radius 2 is 1.79 bits per heavy atom. The van der Waals surface area contributed by atoms with Crippen molar-refractivity contribution >= 4 is 11.6 Å². The van der Waals surface area contributed by atoms with Crippen LogP contribution in [0, 0.1) is 5.82 Å². The van der Waals surface area contributed by atoms with Crippen molar-refractivity contribution in [2.45, 2.75) is 25.8 Å². The fraction of sp³-hybridized carbons (Fsp3) is 0.435. The Kier molecular flexibility index (Phi) is 7.47. The molecule has 156 valence electrons. The smallest absolute Gasteiger partial charge is 0.237 e. The standard InChI is InChI=1S/C23H30FN3O2/c1-18(23(28)25-13-12-19-4-10-22(29-2)11-5-19)26-14-3-15-27(17-16-26)21-8-6-20(24)7-9-21/h4-11,18H,3,12-17H2,1-2H3,(H,25,28). The van der Waals surface area contributed by atoms with Gasteiger partial charge in [-0.3, -0.25) is 9.69 Å². The lowest BCUT2D eigenvalue weighted by Crippen LogP contribution is -2.47. The van der Waals surface area contributed by atoms with E-state index in [-0.39, 0.29) is 17.8 Å². The van der Waals surface area contributed by atoms with E-state index < -0.39 is 0 Å². The number of amides is 1. The first-order chi connectivity index (χ1) is 14.1. The second-order valence-corrected chi connectivity index (χ2v) is 7.42. The third-order valence-electron chi connectivity index (χ3n) is 5.52. The molecule has 0 spiro atoms. The van der Waals surface area contributed by atoms with Gasteiger partial charge >= 0.3 is 0 Å². The molecule has 2 aromatic rings. The minimum absolute atomic E-state index is 0.0637. The van der Waals surface area contributed by atoms with Crippen LogP contribution in [0.5, 0.6) is 5.75 Å². The number of ether oxygens (including phenoxy) is 1. The second-order valence-electron chi connectivity index (χ2n) is 7.42. The number of hydrogen-bond acceptors (Lipinski definition) is 4. The molecule has 0 aromatic heterocycles. The number of rotatable bonds is 7. The number of carbonyl (C=O) groups excluding carboxylic acids is 1. The third kappa shape index (κ3) is 5.94. The minimum atomic E-state index is -0.217. The van der Waals surface area contributed by atoms with Crippen LogP contribution >= 0.6 is 0 Å². The summed E-state index contributed by atoms with van der Waals surface area (Å²) in [6, 6.07) is 14.4. The summed E-state index contributed by atoms with van der Waals surface area (Å²) in [6.07, 6.45) is 1.77. The van der Waals surface area contributed by atoms with Gasteiger partial charge in [0.1, 0.15) is 11.6 Å². The summed E-state index contributed by atoms with van der Waals surface area (Å²) < 4.78 is 18.3. The number of nitrogens with one attached hydrogen (secondary N) is 1. The highest BCUT2D eigenvalue weighted by Crippen LogP contribution is 2.18. The van der Waals surface area contributed by atoms with Gasteiger partial charge in [0.25, 0.3) is 0 Å². The van der Waals surface area contributed by atoms with Crippen LogP contribution in [-0.4, -0.2) is 56.7 Å². The van der Waals surface area contributed by atoms with Crippen molar-refractivity contribution in [2.75, 3.05) is 44.7 Å². The van der Waals surface area contributed by atoms with Gasteiger partial charge in [0.05, 0.1) is 13.2 Å². The van der Waals surface area contributed by atoms with Crippen molar-refractivity contribution < 1.29 is 13.9 Å². The minimum Gasteiger partial charge on any atom is -0.497 e. The molecule has 1 atom stereocenters. The molecule has 5 nitrogen and oxygen atoms in total. The molecule has 29 heavy (non-hydrogen) atoms. The first kappa shape index (κ1) is 21.1. The van der Waals surface area contributed by atoms with E-state index in [4.69, 9.17) is 4.74 Å². The van der Waals surface area contributed by atoms with E-state index in [2.05, 4.69) is 15.1 Å². The zero-order chi connectivity index (χ0) is 20.6. The highest BCUT2D eigenvalue weighted by atomic mass is 19.1. The molecule has 2 aromatic carbocycles. The molecule has 1 amide bonds. The molecule has 1 saturated heterocycles. The van der Waals surface area contributed by atoms with Crippen LogP contribution < -0.4 is 15.0 Å². The number of benzene rings is 2. The lowest BCUT2D eigenvalue weighted by molar-refractivity contribution is -0.125. The van der Waals surface area contributed by atoms with Crippen LogP contribution in [-0.2, 0) is 11.2 Å². The van der Waals surface area contributed by atoms with Gasteiger partial charge in [-0.25, -0.2) is 4.39 Å². The Balaban J connectivity index is 1.45. The van der Waals surface area contributed by atoms with E-state index >= 15 is 0 Å².